The van der Waals surface area contributed by atoms with Crippen LogP contribution in [0.15, 0.2) is 46.2 Å². The molecule has 0 spiro atoms. The topological polar surface area (TPSA) is 183 Å². The summed E-state index contributed by atoms with van der Waals surface area (Å²) in [5.74, 6) is -2.90. The zero-order valence-corrected chi connectivity index (χ0v) is 14.9. The molecule has 0 saturated carbocycles. The Labute approximate surface area is 153 Å². The second-order valence-corrected chi connectivity index (χ2v) is 8.16. The molecule has 4 N–H and O–H groups in total. The zero-order chi connectivity index (χ0) is 20.6. The Morgan fingerprint density at radius 3 is 1.30 bits per heavy atom. The second-order valence-electron chi connectivity index (χ2n) is 5.38. The van der Waals surface area contributed by atoms with Crippen LogP contribution in [0.1, 0.15) is 31.8 Å². The number of carbonyl (C=O) groups is 2. The minimum atomic E-state index is -4.85. The van der Waals surface area contributed by atoms with E-state index >= 15 is 0 Å². The zero-order valence-electron chi connectivity index (χ0n) is 13.2. The number of rotatable bonds is 6. The Hall–Kier alpha value is -2.80. The van der Waals surface area contributed by atoms with Crippen molar-refractivity contribution in [3.05, 3.63) is 58.7 Å². The van der Waals surface area contributed by atoms with Crippen molar-refractivity contribution >= 4 is 32.2 Å². The summed E-state index contributed by atoms with van der Waals surface area (Å²) in [7, 11) is -9.70. The van der Waals surface area contributed by atoms with Gasteiger partial charge in [-0.2, -0.15) is 16.8 Å². The highest BCUT2D eigenvalue weighted by molar-refractivity contribution is 7.86. The first-order valence-electron chi connectivity index (χ1n) is 6.98. The molecule has 144 valence electrons. The van der Waals surface area contributed by atoms with E-state index in [0.29, 0.717) is 12.1 Å². The van der Waals surface area contributed by atoms with E-state index in [0.717, 1.165) is 24.3 Å². The molecule has 10 nitrogen and oxygen atoms in total. The summed E-state index contributed by atoms with van der Waals surface area (Å²) >= 11 is 0. The predicted molar refractivity (Wildman–Crippen MR) is 89.2 cm³/mol. The summed E-state index contributed by atoms with van der Waals surface area (Å²) in [6.45, 7) is 0. The number of aromatic carboxylic acids is 2. The van der Waals surface area contributed by atoms with Gasteiger partial charge in [-0.15, -0.1) is 0 Å². The van der Waals surface area contributed by atoms with Crippen LogP contribution < -0.4 is 0 Å². The fourth-order valence-electron chi connectivity index (χ4n) is 2.35. The molecule has 0 fully saturated rings. The fourth-order valence-corrected chi connectivity index (χ4v) is 3.85. The molecular formula is C15H12O10S2. The van der Waals surface area contributed by atoms with Crippen molar-refractivity contribution in [3.8, 4) is 0 Å². The lowest BCUT2D eigenvalue weighted by Gasteiger charge is -2.12. The number of hydrogen-bond acceptors (Lipinski definition) is 6. The lowest BCUT2D eigenvalue weighted by Crippen LogP contribution is -2.10. The normalized spacial score (nSPS) is 11.9. The molecule has 0 aliphatic carbocycles. The molecule has 0 aliphatic rings. The number of carboxylic acid groups (broad SMARTS) is 2. The Bertz CT molecular complexity index is 1060. The second kappa shape index (κ2) is 7.08. The van der Waals surface area contributed by atoms with Gasteiger partial charge in [-0.1, -0.05) is 12.1 Å². The monoisotopic (exact) mass is 416 g/mol. The molecule has 2 aromatic rings. The summed E-state index contributed by atoms with van der Waals surface area (Å²) in [4.78, 5) is 20.5. The van der Waals surface area contributed by atoms with Crippen molar-refractivity contribution in [2.24, 2.45) is 0 Å². The molecular weight excluding hydrogens is 404 g/mol. The van der Waals surface area contributed by atoms with E-state index < -0.39 is 59.5 Å². The number of benzene rings is 2. The van der Waals surface area contributed by atoms with E-state index in [1.165, 1.54) is 0 Å². The SMILES string of the molecule is O=C(O)c1ccc(Cc2ccc(C(=O)O)cc2S(=O)(=O)O)c(S(=O)(=O)O)c1. The quantitative estimate of drug-likeness (QED) is 0.498. The van der Waals surface area contributed by atoms with Gasteiger partial charge in [0.25, 0.3) is 20.2 Å². The van der Waals surface area contributed by atoms with Gasteiger partial charge in [-0.3, -0.25) is 9.11 Å². The van der Waals surface area contributed by atoms with E-state index in [9.17, 15) is 35.5 Å². The van der Waals surface area contributed by atoms with Crippen LogP contribution in [0.5, 0.6) is 0 Å². The first kappa shape index (κ1) is 20.5. The van der Waals surface area contributed by atoms with Crippen LogP contribution in [-0.4, -0.2) is 48.1 Å². The Morgan fingerprint density at radius 2 is 1.04 bits per heavy atom. The molecule has 2 rings (SSSR count). The van der Waals surface area contributed by atoms with Crippen LogP contribution in [0.4, 0.5) is 0 Å². The van der Waals surface area contributed by atoms with Gasteiger partial charge in [0.2, 0.25) is 0 Å². The van der Waals surface area contributed by atoms with E-state index in [2.05, 4.69) is 0 Å². The smallest absolute Gasteiger partial charge is 0.335 e. The average molecular weight is 416 g/mol. The third kappa shape index (κ3) is 4.68. The van der Waals surface area contributed by atoms with Gasteiger partial charge in [0.1, 0.15) is 0 Å². The molecule has 0 aliphatic heterocycles. The highest BCUT2D eigenvalue weighted by Gasteiger charge is 2.23. The van der Waals surface area contributed by atoms with Crippen molar-refractivity contribution in [1.82, 2.24) is 0 Å². The molecule has 0 bridgehead atoms. The predicted octanol–water partition coefficient (Wildman–Crippen LogP) is 1.17. The van der Waals surface area contributed by atoms with E-state index in [4.69, 9.17) is 10.2 Å². The maximum Gasteiger partial charge on any atom is 0.335 e. The Morgan fingerprint density at radius 1 is 0.704 bits per heavy atom. The van der Waals surface area contributed by atoms with Crippen LogP contribution in [0.25, 0.3) is 0 Å². The van der Waals surface area contributed by atoms with Crippen molar-refractivity contribution in [2.75, 3.05) is 0 Å². The van der Waals surface area contributed by atoms with Crippen molar-refractivity contribution in [1.29, 1.82) is 0 Å². The minimum absolute atomic E-state index is 0.157. The van der Waals surface area contributed by atoms with Crippen LogP contribution in [0, 0.1) is 0 Å². The van der Waals surface area contributed by atoms with Crippen molar-refractivity contribution in [2.45, 2.75) is 16.2 Å². The van der Waals surface area contributed by atoms with Gasteiger partial charge in [-0.25, -0.2) is 9.59 Å². The molecule has 0 aromatic heterocycles. The standard InChI is InChI=1S/C15H12O10S2/c16-14(17)10-3-1-8(12(6-10)26(20,21)22)5-9-2-4-11(15(18)19)7-13(9)27(23,24)25/h1-4,6-7H,5H2,(H,16,17)(H,18,19)(H,20,21,22)(H,23,24,25). The van der Waals surface area contributed by atoms with E-state index in [-0.39, 0.29) is 11.1 Å². The van der Waals surface area contributed by atoms with Gasteiger partial charge in [0.15, 0.2) is 0 Å². The molecule has 27 heavy (non-hydrogen) atoms. The van der Waals surface area contributed by atoms with Crippen LogP contribution in [0.2, 0.25) is 0 Å². The Balaban J connectivity index is 2.67. The minimum Gasteiger partial charge on any atom is -0.478 e. The third-order valence-electron chi connectivity index (χ3n) is 3.56. The summed E-state index contributed by atoms with van der Waals surface area (Å²) in [5.41, 5.74) is -1.17. The van der Waals surface area contributed by atoms with Crippen LogP contribution >= 0.6 is 0 Å². The number of carboxylic acids is 2. The molecule has 12 heteroatoms. The van der Waals surface area contributed by atoms with Crippen molar-refractivity contribution < 1.29 is 45.7 Å². The maximum absolute atomic E-state index is 11.6. The van der Waals surface area contributed by atoms with E-state index in [1.54, 1.807) is 0 Å². The molecule has 0 unspecified atom stereocenters. The largest absolute Gasteiger partial charge is 0.478 e. The lowest BCUT2D eigenvalue weighted by molar-refractivity contribution is 0.0685. The molecule has 0 saturated heterocycles. The fraction of sp³-hybridized carbons (Fsp3) is 0.0667. The van der Waals surface area contributed by atoms with Gasteiger partial charge in [-0.05, 0) is 35.4 Å². The molecule has 0 heterocycles. The molecule has 0 radical (unpaired) electrons. The van der Waals surface area contributed by atoms with Crippen LogP contribution in [-0.2, 0) is 26.7 Å². The van der Waals surface area contributed by atoms with Gasteiger partial charge in [0.05, 0.1) is 20.9 Å². The third-order valence-corrected chi connectivity index (χ3v) is 5.44. The average Bonchev–Trinajstić information content (AvgIpc) is 2.53. The summed E-state index contributed by atoms with van der Waals surface area (Å²) < 4.78 is 64.9. The number of hydrogen-bond donors (Lipinski definition) is 4. The highest BCUT2D eigenvalue weighted by Crippen LogP contribution is 2.25. The van der Waals surface area contributed by atoms with Gasteiger partial charge >= 0.3 is 11.9 Å². The van der Waals surface area contributed by atoms with Gasteiger partial charge < -0.3 is 10.2 Å². The maximum atomic E-state index is 11.6. The first-order valence-corrected chi connectivity index (χ1v) is 9.86. The summed E-state index contributed by atoms with van der Waals surface area (Å²) in [6.07, 6.45) is -0.454. The summed E-state index contributed by atoms with van der Waals surface area (Å²) in [6, 6.07) is 5.62. The molecule has 0 atom stereocenters. The molecule has 2 aromatic carbocycles. The molecule has 0 amide bonds. The van der Waals surface area contributed by atoms with Crippen molar-refractivity contribution in [3.63, 3.8) is 0 Å². The summed E-state index contributed by atoms with van der Waals surface area (Å²) in [5, 5.41) is 17.9. The lowest BCUT2D eigenvalue weighted by atomic mass is 10.0. The Kier molecular flexibility index (Phi) is 5.37. The van der Waals surface area contributed by atoms with Crippen LogP contribution in [0.3, 0.4) is 0 Å². The highest BCUT2D eigenvalue weighted by atomic mass is 32.2. The van der Waals surface area contributed by atoms with E-state index in [1.807, 2.05) is 0 Å². The van der Waals surface area contributed by atoms with Gasteiger partial charge in [0, 0.05) is 6.42 Å². The first-order chi connectivity index (χ1) is 12.3.